The number of amides is 1. The molecule has 0 saturated heterocycles. The van der Waals surface area contributed by atoms with Crippen LogP contribution in [0.3, 0.4) is 0 Å². The van der Waals surface area contributed by atoms with Crippen LogP contribution in [-0.4, -0.2) is 20.2 Å². The Kier molecular flexibility index (Phi) is 2.84. The smallest absolute Gasteiger partial charge is 0.270 e. The molecule has 8 heteroatoms. The molecule has 2 heterocycles. The van der Waals surface area contributed by atoms with Crippen LogP contribution in [0.1, 0.15) is 15.9 Å². The third-order valence-corrected chi connectivity index (χ3v) is 4.58. The normalized spacial score (nSPS) is 16.4. The van der Waals surface area contributed by atoms with Gasteiger partial charge in [-0.2, -0.15) is 5.10 Å². The van der Waals surface area contributed by atoms with Gasteiger partial charge in [-0.3, -0.25) is 4.79 Å². The zero-order valence-electron chi connectivity index (χ0n) is 10.6. The largest absolute Gasteiger partial charge is 0.587 e. The quantitative estimate of drug-likeness (QED) is 0.812. The lowest BCUT2D eigenvalue weighted by Gasteiger charge is -2.17. The van der Waals surface area contributed by atoms with Crippen LogP contribution >= 0.6 is 0 Å². The van der Waals surface area contributed by atoms with Crippen molar-refractivity contribution >= 4 is 22.0 Å². The molecule has 1 unspecified atom stereocenters. The van der Waals surface area contributed by atoms with Gasteiger partial charge in [-0.05, 0) is 12.1 Å². The van der Waals surface area contributed by atoms with Gasteiger partial charge in [-0.25, -0.2) is 9.40 Å². The van der Waals surface area contributed by atoms with E-state index < -0.39 is 10.4 Å². The van der Waals surface area contributed by atoms with E-state index >= 15 is 0 Å². The maximum Gasteiger partial charge on any atom is 0.270 e. The fourth-order valence-electron chi connectivity index (χ4n) is 2.17. The van der Waals surface area contributed by atoms with Crippen LogP contribution in [0.2, 0.25) is 0 Å². The lowest BCUT2D eigenvalue weighted by Crippen LogP contribution is -2.24. The monoisotopic (exact) mass is 292 g/mol. The van der Waals surface area contributed by atoms with Crippen molar-refractivity contribution in [1.29, 1.82) is 0 Å². The minimum absolute atomic E-state index is 0.0624. The second-order valence-electron chi connectivity index (χ2n) is 4.41. The molecule has 1 atom stereocenters. The highest BCUT2D eigenvalue weighted by Gasteiger charge is 2.28. The van der Waals surface area contributed by atoms with Crippen molar-refractivity contribution in [2.24, 2.45) is 7.05 Å². The number of nitrogens with zero attached hydrogens (tertiary/aromatic N) is 2. The summed E-state index contributed by atoms with van der Waals surface area (Å²) in [7, 11) is -2.18. The van der Waals surface area contributed by atoms with Crippen LogP contribution in [0.15, 0.2) is 35.5 Å². The average molecular weight is 292 g/mol. The van der Waals surface area contributed by atoms with Crippen molar-refractivity contribution in [2.45, 2.75) is 11.6 Å². The van der Waals surface area contributed by atoms with E-state index in [9.17, 15) is 13.6 Å². The molecule has 0 bridgehead atoms. The maximum atomic E-state index is 12.3. The van der Waals surface area contributed by atoms with E-state index in [1.54, 1.807) is 25.2 Å². The molecule has 0 radical (unpaired) electrons. The fraction of sp³-hybridized carbons (Fsp3) is 0.167. The van der Waals surface area contributed by atoms with Crippen molar-refractivity contribution < 1.29 is 13.6 Å². The Morgan fingerprint density at radius 1 is 1.45 bits per heavy atom. The Hall–Kier alpha value is -2.19. The molecule has 3 rings (SSSR count). The summed E-state index contributed by atoms with van der Waals surface area (Å²) in [4.78, 5) is 11.6. The summed E-state index contributed by atoms with van der Waals surface area (Å²) in [6, 6.07) is 6.35. The predicted octanol–water partition coefficient (Wildman–Crippen LogP) is 0.679. The molecule has 1 aromatic carbocycles. The first-order valence-corrected chi connectivity index (χ1v) is 7.38. The predicted molar refractivity (Wildman–Crippen MR) is 71.5 cm³/mol. The molecule has 1 aromatic heterocycles. The Bertz CT molecular complexity index is 740. The van der Waals surface area contributed by atoms with Gasteiger partial charge in [0.1, 0.15) is 0 Å². The summed E-state index contributed by atoms with van der Waals surface area (Å²) in [5.41, 5.74) is 1.56. The first-order chi connectivity index (χ1) is 9.49. The summed E-state index contributed by atoms with van der Waals surface area (Å²) in [6.45, 7) is 0.318. The Labute approximate surface area is 116 Å². The van der Waals surface area contributed by atoms with Crippen LogP contribution in [-0.2, 0) is 28.2 Å². The van der Waals surface area contributed by atoms with E-state index in [-0.39, 0.29) is 10.9 Å². The molecule has 20 heavy (non-hydrogen) atoms. The van der Waals surface area contributed by atoms with Crippen LogP contribution in [0, 0.1) is 0 Å². The second-order valence-corrected chi connectivity index (χ2v) is 6.04. The molecule has 7 nitrogen and oxygen atoms in total. The van der Waals surface area contributed by atoms with E-state index in [2.05, 4.69) is 15.1 Å². The van der Waals surface area contributed by atoms with Gasteiger partial charge in [0.2, 0.25) is 0 Å². The molecular weight excluding hydrogens is 280 g/mol. The van der Waals surface area contributed by atoms with E-state index in [0.717, 1.165) is 0 Å². The van der Waals surface area contributed by atoms with Gasteiger partial charge in [0.15, 0.2) is 10.4 Å². The molecule has 0 fully saturated rings. The van der Waals surface area contributed by atoms with Gasteiger partial charge in [-0.1, -0.05) is 10.3 Å². The summed E-state index contributed by atoms with van der Waals surface area (Å²) < 4.78 is 28.3. The zero-order chi connectivity index (χ0) is 14.3. The Morgan fingerprint density at radius 3 is 2.95 bits per heavy atom. The number of nitrogens with one attached hydrogen (secondary N) is 2. The van der Waals surface area contributed by atoms with Crippen molar-refractivity contribution in [3.63, 3.8) is 0 Å². The van der Waals surface area contributed by atoms with Crippen LogP contribution in [0.4, 0.5) is 5.69 Å². The number of aromatic nitrogens is 2. The van der Waals surface area contributed by atoms with Gasteiger partial charge in [0.05, 0.1) is 11.9 Å². The van der Waals surface area contributed by atoms with Crippen LogP contribution in [0.5, 0.6) is 0 Å². The number of anilines is 1. The standard InChI is InChI=1S/C12H12N4O3S/c1-16-11(5-6-14-16)20(18,19)15-10-4-2-3-8-9(10)7-13-12(8)17/h2-6H,7H2,1H3,(H2-,13,15,17,18,19). The second kappa shape index (κ2) is 4.43. The number of aryl methyl sites for hydroxylation is 1. The lowest BCUT2D eigenvalue weighted by atomic mass is 10.1. The summed E-state index contributed by atoms with van der Waals surface area (Å²) >= 11 is 0. The van der Waals surface area contributed by atoms with Gasteiger partial charge in [0.25, 0.3) is 10.9 Å². The minimum atomic E-state index is -3.73. The van der Waals surface area contributed by atoms with Gasteiger partial charge in [0, 0.05) is 30.8 Å². The van der Waals surface area contributed by atoms with Crippen molar-refractivity contribution in [3.8, 4) is 0 Å². The van der Waals surface area contributed by atoms with Gasteiger partial charge in [-0.15, -0.1) is 0 Å². The SMILES string of the molecule is Cn1nccc1[S+](=O)([O-])Nc1cccc2c1CNC2=O. The topological polar surface area (TPSA) is 99.1 Å². The Balaban J connectivity index is 1.99. The number of sulfonamides is 1. The number of benzene rings is 1. The molecule has 2 N–H and O–H groups in total. The van der Waals surface area contributed by atoms with Gasteiger partial charge >= 0.3 is 0 Å². The first kappa shape index (κ1) is 12.8. The summed E-state index contributed by atoms with van der Waals surface area (Å²) in [5.74, 6) is -0.193. The lowest BCUT2D eigenvalue weighted by molar-refractivity contribution is 0.0965. The highest BCUT2D eigenvalue weighted by molar-refractivity contribution is 7.98. The molecule has 0 aliphatic carbocycles. The molecule has 0 spiro atoms. The minimum Gasteiger partial charge on any atom is -0.587 e. The number of fused-ring (bicyclic) bond motifs is 1. The number of carbonyl (C=O) groups excluding carboxylic acids is 1. The van der Waals surface area contributed by atoms with Crippen LogP contribution in [0.25, 0.3) is 0 Å². The molecule has 2 aromatic rings. The molecule has 1 amide bonds. The third kappa shape index (κ3) is 1.98. The summed E-state index contributed by atoms with van der Waals surface area (Å²) in [5, 5.41) is 6.57. The third-order valence-electron chi connectivity index (χ3n) is 3.14. The highest BCUT2D eigenvalue weighted by atomic mass is 32.3. The van der Waals surface area contributed by atoms with Crippen molar-refractivity contribution in [1.82, 2.24) is 15.1 Å². The molecule has 0 saturated carbocycles. The molecule has 104 valence electrons. The highest BCUT2D eigenvalue weighted by Crippen LogP contribution is 2.27. The van der Waals surface area contributed by atoms with Crippen molar-refractivity contribution in [3.05, 3.63) is 41.6 Å². The summed E-state index contributed by atoms with van der Waals surface area (Å²) in [6.07, 6.45) is 1.41. The number of rotatable bonds is 3. The van der Waals surface area contributed by atoms with Crippen molar-refractivity contribution in [2.75, 3.05) is 4.72 Å². The van der Waals surface area contributed by atoms with E-state index in [0.29, 0.717) is 23.4 Å². The van der Waals surface area contributed by atoms with E-state index in [1.165, 1.54) is 16.9 Å². The van der Waals surface area contributed by atoms with E-state index in [4.69, 9.17) is 0 Å². The van der Waals surface area contributed by atoms with Crippen LogP contribution < -0.4 is 10.0 Å². The zero-order valence-corrected chi connectivity index (χ0v) is 11.4. The molecule has 1 aliphatic heterocycles. The number of hydrogen-bond acceptors (Lipinski definition) is 4. The average Bonchev–Trinajstić information content (AvgIpc) is 2.97. The molecular formula is C12H12N4O3S. The number of hydrogen-bond donors (Lipinski definition) is 2. The fourth-order valence-corrected chi connectivity index (χ4v) is 3.39. The van der Waals surface area contributed by atoms with E-state index in [1.807, 2.05) is 0 Å². The van der Waals surface area contributed by atoms with Gasteiger partial charge < -0.3 is 9.87 Å². The maximum absolute atomic E-state index is 12.3. The number of carbonyl (C=O) groups is 1. The Morgan fingerprint density at radius 2 is 2.25 bits per heavy atom. The first-order valence-electron chi connectivity index (χ1n) is 5.90. The molecule has 1 aliphatic rings.